The van der Waals surface area contributed by atoms with Crippen LogP contribution in [0.2, 0.25) is 0 Å². The number of pyridine rings is 1. The third-order valence-corrected chi connectivity index (χ3v) is 3.05. The van der Waals surface area contributed by atoms with Crippen molar-refractivity contribution in [2.75, 3.05) is 29.6 Å². The molecule has 0 aliphatic rings. The summed E-state index contributed by atoms with van der Waals surface area (Å²) in [7, 11) is -3.26. The highest BCUT2D eigenvalue weighted by Gasteiger charge is 2.21. The minimum atomic E-state index is -3.26. The second kappa shape index (κ2) is 4.99. The molecule has 0 aliphatic heterocycles. The molecule has 0 fully saturated rings. The number of nitrogens with one attached hydrogen (secondary N) is 2. The van der Waals surface area contributed by atoms with Gasteiger partial charge in [0.2, 0.25) is 10.0 Å². The normalized spacial score (nSPS) is 12.4. The summed E-state index contributed by atoms with van der Waals surface area (Å²) >= 11 is 0. The van der Waals surface area contributed by atoms with Gasteiger partial charge in [0.15, 0.2) is 0 Å². The van der Waals surface area contributed by atoms with E-state index in [9.17, 15) is 8.42 Å². The fourth-order valence-electron chi connectivity index (χ4n) is 1.43. The maximum atomic E-state index is 11.2. The summed E-state index contributed by atoms with van der Waals surface area (Å²) in [5.74, 6) is 0.791. The van der Waals surface area contributed by atoms with Crippen molar-refractivity contribution in [3.8, 4) is 0 Å². The largest absolute Gasteiger partial charge is 0.396 e. The third-order valence-electron chi connectivity index (χ3n) is 2.13. The van der Waals surface area contributed by atoms with Crippen LogP contribution in [0.1, 0.15) is 13.8 Å². The molecule has 1 rings (SSSR count). The van der Waals surface area contributed by atoms with Gasteiger partial charge in [0.1, 0.15) is 11.6 Å². The molecule has 0 radical (unpaired) electrons. The average molecular weight is 273 g/mol. The number of rotatable bonds is 5. The summed E-state index contributed by atoms with van der Waals surface area (Å²) in [6, 6.07) is 3.32. The Morgan fingerprint density at radius 2 is 1.94 bits per heavy atom. The van der Waals surface area contributed by atoms with Crippen molar-refractivity contribution in [3.63, 3.8) is 0 Å². The van der Waals surface area contributed by atoms with E-state index in [0.29, 0.717) is 18.1 Å². The molecule has 8 heteroatoms. The molecule has 1 heterocycles. The van der Waals surface area contributed by atoms with E-state index in [4.69, 9.17) is 11.5 Å². The van der Waals surface area contributed by atoms with Crippen molar-refractivity contribution < 1.29 is 8.42 Å². The summed E-state index contributed by atoms with van der Waals surface area (Å²) in [5.41, 5.74) is 10.9. The zero-order valence-electron chi connectivity index (χ0n) is 10.7. The van der Waals surface area contributed by atoms with E-state index < -0.39 is 15.6 Å². The highest BCUT2D eigenvalue weighted by molar-refractivity contribution is 7.88. The highest BCUT2D eigenvalue weighted by Crippen LogP contribution is 2.15. The molecule has 0 atom stereocenters. The van der Waals surface area contributed by atoms with Gasteiger partial charge in [-0.05, 0) is 26.0 Å². The van der Waals surface area contributed by atoms with Gasteiger partial charge in [0.05, 0.1) is 11.9 Å². The number of hydrogen-bond acceptors (Lipinski definition) is 6. The predicted molar refractivity (Wildman–Crippen MR) is 73.6 cm³/mol. The zero-order chi connectivity index (χ0) is 14.0. The maximum Gasteiger partial charge on any atom is 0.209 e. The van der Waals surface area contributed by atoms with Crippen LogP contribution in [-0.4, -0.2) is 31.7 Å². The van der Waals surface area contributed by atoms with Gasteiger partial charge >= 0.3 is 0 Å². The first kappa shape index (κ1) is 14.5. The number of aromatic nitrogens is 1. The molecule has 0 aliphatic carbocycles. The number of sulfonamides is 1. The molecule has 18 heavy (non-hydrogen) atoms. The molecule has 7 nitrogen and oxygen atoms in total. The van der Waals surface area contributed by atoms with E-state index in [-0.39, 0.29) is 5.82 Å². The lowest BCUT2D eigenvalue weighted by atomic mass is 10.1. The topological polar surface area (TPSA) is 123 Å². The first-order valence-electron chi connectivity index (χ1n) is 5.34. The standard InChI is InChI=1S/C10H19N5O2S/c1-10(2,15-18(3,16)17)6-13-8-5-4-7(11)9(12)14-8/h4-5,15H,6,11H2,1-3H3,(H3,12,13,14). The van der Waals surface area contributed by atoms with Crippen LogP contribution in [0.4, 0.5) is 17.3 Å². The van der Waals surface area contributed by atoms with E-state index in [1.807, 2.05) is 0 Å². The number of anilines is 3. The van der Waals surface area contributed by atoms with E-state index in [2.05, 4.69) is 15.0 Å². The Bertz CT molecular complexity index is 527. The third kappa shape index (κ3) is 4.76. The highest BCUT2D eigenvalue weighted by atomic mass is 32.2. The molecule has 1 aromatic rings. The summed E-state index contributed by atoms with van der Waals surface area (Å²) in [6.45, 7) is 3.90. The van der Waals surface area contributed by atoms with Gasteiger partial charge in [0, 0.05) is 12.1 Å². The SMILES string of the molecule is CC(C)(CNc1ccc(N)c(N)n1)NS(C)(=O)=O. The van der Waals surface area contributed by atoms with E-state index in [1.54, 1.807) is 26.0 Å². The van der Waals surface area contributed by atoms with E-state index in [1.165, 1.54) is 0 Å². The Hall–Kier alpha value is -1.54. The maximum absolute atomic E-state index is 11.2. The summed E-state index contributed by atoms with van der Waals surface area (Å²) in [4.78, 5) is 4.04. The van der Waals surface area contributed by atoms with Crippen molar-refractivity contribution >= 4 is 27.3 Å². The molecule has 0 aromatic carbocycles. The van der Waals surface area contributed by atoms with Crippen molar-refractivity contribution in [3.05, 3.63) is 12.1 Å². The summed E-state index contributed by atoms with van der Waals surface area (Å²) in [5, 5.41) is 3.00. The van der Waals surface area contributed by atoms with Crippen LogP contribution in [0.15, 0.2) is 12.1 Å². The Labute approximate surface area is 107 Å². The zero-order valence-corrected chi connectivity index (χ0v) is 11.5. The fourth-order valence-corrected chi connectivity index (χ4v) is 2.51. The van der Waals surface area contributed by atoms with Crippen LogP contribution in [-0.2, 0) is 10.0 Å². The smallest absolute Gasteiger partial charge is 0.209 e. The van der Waals surface area contributed by atoms with Crippen LogP contribution in [0, 0.1) is 0 Å². The van der Waals surface area contributed by atoms with Gasteiger partial charge in [-0.2, -0.15) is 0 Å². The Morgan fingerprint density at radius 3 is 2.44 bits per heavy atom. The van der Waals surface area contributed by atoms with Crippen LogP contribution in [0.25, 0.3) is 0 Å². The average Bonchev–Trinajstić information content (AvgIpc) is 2.16. The lowest BCUT2D eigenvalue weighted by Crippen LogP contribution is -2.47. The number of hydrogen-bond donors (Lipinski definition) is 4. The number of nitrogens with zero attached hydrogens (tertiary/aromatic N) is 1. The monoisotopic (exact) mass is 273 g/mol. The van der Waals surface area contributed by atoms with Crippen LogP contribution in [0.5, 0.6) is 0 Å². The molecular formula is C10H19N5O2S. The molecule has 0 saturated heterocycles. The second-order valence-electron chi connectivity index (χ2n) is 4.78. The van der Waals surface area contributed by atoms with Crippen LogP contribution in [0.3, 0.4) is 0 Å². The van der Waals surface area contributed by atoms with Crippen molar-refractivity contribution in [2.24, 2.45) is 0 Å². The van der Waals surface area contributed by atoms with Gasteiger partial charge in [-0.1, -0.05) is 0 Å². The van der Waals surface area contributed by atoms with Crippen molar-refractivity contribution in [2.45, 2.75) is 19.4 Å². The molecule has 1 aromatic heterocycles. The predicted octanol–water partition coefficient (Wildman–Crippen LogP) is -0.0143. The second-order valence-corrected chi connectivity index (χ2v) is 6.53. The van der Waals surface area contributed by atoms with E-state index in [0.717, 1.165) is 6.26 Å². The fraction of sp³-hybridized carbons (Fsp3) is 0.500. The van der Waals surface area contributed by atoms with Gasteiger partial charge in [0.25, 0.3) is 0 Å². The quantitative estimate of drug-likeness (QED) is 0.598. The van der Waals surface area contributed by atoms with Crippen LogP contribution < -0.4 is 21.5 Å². The Balaban J connectivity index is 2.67. The van der Waals surface area contributed by atoms with Crippen molar-refractivity contribution in [1.82, 2.24) is 9.71 Å². The molecule has 0 bridgehead atoms. The Morgan fingerprint density at radius 1 is 1.33 bits per heavy atom. The molecule has 0 amide bonds. The lowest BCUT2D eigenvalue weighted by Gasteiger charge is -2.25. The first-order valence-corrected chi connectivity index (χ1v) is 7.23. The number of nitrogen functional groups attached to an aromatic ring is 2. The molecular weight excluding hydrogens is 254 g/mol. The minimum absolute atomic E-state index is 0.244. The van der Waals surface area contributed by atoms with Gasteiger partial charge < -0.3 is 16.8 Å². The molecule has 0 unspecified atom stereocenters. The van der Waals surface area contributed by atoms with Crippen LogP contribution >= 0.6 is 0 Å². The number of nitrogens with two attached hydrogens (primary N) is 2. The molecule has 102 valence electrons. The summed E-state index contributed by atoms with van der Waals surface area (Å²) < 4.78 is 24.8. The van der Waals surface area contributed by atoms with Gasteiger partial charge in [-0.25, -0.2) is 18.1 Å². The summed E-state index contributed by atoms with van der Waals surface area (Å²) in [6.07, 6.45) is 1.12. The van der Waals surface area contributed by atoms with Gasteiger partial charge in [-0.15, -0.1) is 0 Å². The first-order chi connectivity index (χ1) is 8.09. The van der Waals surface area contributed by atoms with Crippen molar-refractivity contribution in [1.29, 1.82) is 0 Å². The molecule has 6 N–H and O–H groups in total. The lowest BCUT2D eigenvalue weighted by molar-refractivity contribution is 0.476. The van der Waals surface area contributed by atoms with Gasteiger partial charge in [-0.3, -0.25) is 0 Å². The molecule has 0 spiro atoms. The van der Waals surface area contributed by atoms with E-state index >= 15 is 0 Å². The Kier molecular flexibility index (Phi) is 4.02. The minimum Gasteiger partial charge on any atom is -0.396 e. The molecule has 0 saturated carbocycles.